The molecule has 0 radical (unpaired) electrons. The minimum Gasteiger partial charge on any atom is -0.494 e. The second-order valence-electron chi connectivity index (χ2n) is 7.35. The van der Waals surface area contributed by atoms with Gasteiger partial charge in [0.2, 0.25) is 16.0 Å². The number of rotatable bonds is 11. The second kappa shape index (κ2) is 10.8. The van der Waals surface area contributed by atoms with Crippen LogP contribution in [0.25, 0.3) is 5.69 Å². The predicted octanol–water partition coefficient (Wildman–Crippen LogP) is 2.05. The minimum atomic E-state index is -4.05. The topological polar surface area (TPSA) is 140 Å². The molecular weight excluding hydrogens is 464 g/mol. The smallest absolute Gasteiger partial charge is 0.243 e. The molecule has 34 heavy (non-hydrogen) atoms. The lowest BCUT2D eigenvalue weighted by molar-refractivity contribution is 0.0949. The Bertz CT molecular complexity index is 1190. The summed E-state index contributed by atoms with van der Waals surface area (Å²) in [7, 11) is 1.83. The van der Waals surface area contributed by atoms with Gasteiger partial charge in [0.1, 0.15) is 35.1 Å². The van der Waals surface area contributed by atoms with Gasteiger partial charge in [-0.25, -0.2) is 18.4 Å². The van der Waals surface area contributed by atoms with Gasteiger partial charge in [0, 0.05) is 26.6 Å². The number of sulfonamides is 1. The van der Waals surface area contributed by atoms with Crippen molar-refractivity contribution in [1.82, 2.24) is 24.7 Å². The third kappa shape index (κ3) is 5.11. The molecule has 0 aliphatic carbocycles. The van der Waals surface area contributed by atoms with Crippen molar-refractivity contribution in [2.24, 2.45) is 0 Å². The first-order chi connectivity index (χ1) is 16.3. The number of hydrogen-bond donors (Lipinski definition) is 1. The van der Waals surface area contributed by atoms with Gasteiger partial charge in [-0.05, 0) is 31.5 Å². The zero-order chi connectivity index (χ0) is 24.9. The molecule has 0 unspecified atom stereocenters. The molecule has 0 aliphatic rings. The molecule has 2 heterocycles. The van der Waals surface area contributed by atoms with Crippen LogP contribution in [0.5, 0.6) is 11.5 Å². The molecule has 3 aromatic rings. The number of aromatic nitrogens is 5. The third-order valence-corrected chi connectivity index (χ3v) is 6.78. The first kappa shape index (κ1) is 25.3. The van der Waals surface area contributed by atoms with E-state index in [1.807, 2.05) is 6.92 Å². The minimum absolute atomic E-state index is 0.0589. The first-order valence-electron chi connectivity index (χ1n) is 10.2. The summed E-state index contributed by atoms with van der Waals surface area (Å²) in [4.78, 5) is 8.44. The van der Waals surface area contributed by atoms with Crippen LogP contribution < -0.4 is 14.2 Å². The van der Waals surface area contributed by atoms with E-state index in [0.29, 0.717) is 23.0 Å². The number of nitrogens with zero attached hydrogens (tertiary/aromatic N) is 5. The van der Waals surface area contributed by atoms with E-state index in [0.717, 1.165) is 5.56 Å². The van der Waals surface area contributed by atoms with Crippen LogP contribution in [0.15, 0.2) is 30.6 Å². The van der Waals surface area contributed by atoms with Crippen molar-refractivity contribution in [1.29, 1.82) is 0 Å². The van der Waals surface area contributed by atoms with E-state index in [1.165, 1.54) is 39.9 Å². The molecule has 0 aliphatic heterocycles. The number of para-hydroxylation sites is 1. The molecule has 13 heteroatoms. The van der Waals surface area contributed by atoms with Crippen LogP contribution in [0.3, 0.4) is 0 Å². The highest BCUT2D eigenvalue weighted by Crippen LogP contribution is 2.36. The van der Waals surface area contributed by atoms with Crippen LogP contribution in [0.1, 0.15) is 30.2 Å². The Morgan fingerprint density at radius 2 is 1.65 bits per heavy atom. The Balaban J connectivity index is 2.05. The van der Waals surface area contributed by atoms with E-state index in [9.17, 15) is 8.42 Å². The number of methoxy groups -OCH3 is 4. The van der Waals surface area contributed by atoms with Crippen LogP contribution >= 0.6 is 0 Å². The number of hydrogen-bond acceptors (Lipinski definition) is 10. The third-order valence-electron chi connectivity index (χ3n) is 5.09. The molecular formula is C21H28N6O6S. The van der Waals surface area contributed by atoms with Gasteiger partial charge in [0.25, 0.3) is 0 Å². The van der Waals surface area contributed by atoms with Crippen molar-refractivity contribution in [3.8, 4) is 17.2 Å². The molecule has 3 rings (SSSR count). The fraction of sp³-hybridized carbons (Fsp3) is 0.429. The maximum atomic E-state index is 13.4. The molecule has 2 aromatic heterocycles. The van der Waals surface area contributed by atoms with E-state index in [-0.39, 0.29) is 18.4 Å². The van der Waals surface area contributed by atoms with Crippen molar-refractivity contribution in [3.05, 3.63) is 47.8 Å². The molecule has 1 N–H and O–H groups in total. The maximum Gasteiger partial charge on any atom is 0.243 e. The fourth-order valence-corrected chi connectivity index (χ4v) is 4.46. The van der Waals surface area contributed by atoms with E-state index >= 15 is 0 Å². The standard InChI is InChI=1S/C21H28N6O6S/c1-13-10-22-20(23-11-13)19(33-6)14(2)34(28,29)26-21-25-24-17(12-30-3)27(21)18-15(31-4)8-7-9-16(18)32-5/h7-11,14,19H,12H2,1-6H3,(H,25,26)/t14-,19-/m0/s1. The summed E-state index contributed by atoms with van der Waals surface area (Å²) >= 11 is 0. The lowest BCUT2D eigenvalue weighted by atomic mass is 10.2. The molecule has 12 nitrogen and oxygen atoms in total. The Labute approximate surface area is 198 Å². The number of benzene rings is 1. The number of ether oxygens (including phenoxy) is 4. The highest BCUT2D eigenvalue weighted by molar-refractivity contribution is 7.93. The molecule has 0 spiro atoms. The average Bonchev–Trinajstić information content (AvgIpc) is 3.21. The SMILES string of the molecule is COCc1nnc(NS(=O)(=O)[C@@H](C)[C@H](OC)c2ncc(C)cn2)n1-c1c(OC)cccc1OC. The molecule has 0 amide bonds. The Kier molecular flexibility index (Phi) is 8.02. The number of anilines is 1. The van der Waals surface area contributed by atoms with E-state index in [2.05, 4.69) is 24.9 Å². The van der Waals surface area contributed by atoms with Gasteiger partial charge in [0.05, 0.1) is 14.2 Å². The Hall–Kier alpha value is -3.29. The maximum absolute atomic E-state index is 13.4. The second-order valence-corrected chi connectivity index (χ2v) is 9.38. The fourth-order valence-electron chi connectivity index (χ4n) is 3.33. The van der Waals surface area contributed by atoms with E-state index in [1.54, 1.807) is 30.6 Å². The molecule has 0 saturated heterocycles. The lowest BCUT2D eigenvalue weighted by Gasteiger charge is -2.22. The van der Waals surface area contributed by atoms with Gasteiger partial charge >= 0.3 is 0 Å². The van der Waals surface area contributed by atoms with Gasteiger partial charge in [-0.3, -0.25) is 9.29 Å². The van der Waals surface area contributed by atoms with Crippen LogP contribution in [-0.2, 0) is 26.1 Å². The largest absolute Gasteiger partial charge is 0.494 e. The van der Waals surface area contributed by atoms with Crippen molar-refractivity contribution < 1.29 is 27.4 Å². The molecule has 0 fully saturated rings. The zero-order valence-electron chi connectivity index (χ0n) is 19.8. The molecule has 0 bridgehead atoms. The summed E-state index contributed by atoms with van der Waals surface area (Å²) in [6.07, 6.45) is 2.28. The summed E-state index contributed by atoms with van der Waals surface area (Å²) in [5.74, 6) is 1.36. The Morgan fingerprint density at radius 1 is 1.03 bits per heavy atom. The Morgan fingerprint density at radius 3 is 2.18 bits per heavy atom. The highest BCUT2D eigenvalue weighted by Gasteiger charge is 2.34. The molecule has 1 aromatic carbocycles. The van der Waals surface area contributed by atoms with Gasteiger partial charge in [-0.15, -0.1) is 10.2 Å². The van der Waals surface area contributed by atoms with E-state index in [4.69, 9.17) is 18.9 Å². The molecule has 0 saturated carbocycles. The molecule has 2 atom stereocenters. The van der Waals surface area contributed by atoms with Crippen molar-refractivity contribution in [2.75, 3.05) is 33.2 Å². The van der Waals surface area contributed by atoms with Crippen LogP contribution in [0.4, 0.5) is 5.95 Å². The zero-order valence-corrected chi connectivity index (χ0v) is 20.7. The lowest BCUT2D eigenvalue weighted by Crippen LogP contribution is -2.33. The number of nitrogens with one attached hydrogen (secondary N) is 1. The van der Waals surface area contributed by atoms with Crippen LogP contribution in [0, 0.1) is 6.92 Å². The van der Waals surface area contributed by atoms with Crippen molar-refractivity contribution >= 4 is 16.0 Å². The van der Waals surface area contributed by atoms with Crippen LogP contribution in [0.2, 0.25) is 0 Å². The normalized spacial score (nSPS) is 13.4. The summed E-state index contributed by atoms with van der Waals surface area (Å²) in [5, 5.41) is 7.09. The number of aryl methyl sites for hydroxylation is 1. The summed E-state index contributed by atoms with van der Waals surface area (Å²) in [6.45, 7) is 3.40. The van der Waals surface area contributed by atoms with Gasteiger partial charge in [0.15, 0.2) is 11.6 Å². The van der Waals surface area contributed by atoms with Gasteiger partial charge in [-0.1, -0.05) is 6.07 Å². The highest BCUT2D eigenvalue weighted by atomic mass is 32.2. The van der Waals surface area contributed by atoms with Gasteiger partial charge in [-0.2, -0.15) is 0 Å². The van der Waals surface area contributed by atoms with Crippen molar-refractivity contribution in [3.63, 3.8) is 0 Å². The quantitative estimate of drug-likeness (QED) is 0.423. The summed E-state index contributed by atoms with van der Waals surface area (Å²) in [6, 6.07) is 5.17. The summed E-state index contributed by atoms with van der Waals surface area (Å²) < 4.78 is 52.4. The summed E-state index contributed by atoms with van der Waals surface area (Å²) in [5.41, 5.74) is 1.26. The van der Waals surface area contributed by atoms with Crippen molar-refractivity contribution in [2.45, 2.75) is 31.8 Å². The van der Waals surface area contributed by atoms with E-state index < -0.39 is 21.4 Å². The monoisotopic (exact) mass is 492 g/mol. The average molecular weight is 493 g/mol. The van der Waals surface area contributed by atoms with Gasteiger partial charge < -0.3 is 18.9 Å². The van der Waals surface area contributed by atoms with Crippen LogP contribution in [-0.4, -0.2) is 66.8 Å². The first-order valence-corrected chi connectivity index (χ1v) is 11.8. The molecule has 184 valence electrons. The predicted molar refractivity (Wildman–Crippen MR) is 124 cm³/mol.